The van der Waals surface area contributed by atoms with Gasteiger partial charge in [0.1, 0.15) is 0 Å². The highest BCUT2D eigenvalue weighted by Gasteiger charge is 2.20. The fourth-order valence-electron chi connectivity index (χ4n) is 3.86. The summed E-state index contributed by atoms with van der Waals surface area (Å²) in [6.45, 7) is 0.997. The second kappa shape index (κ2) is 6.26. The predicted molar refractivity (Wildman–Crippen MR) is 92.0 cm³/mol. The fourth-order valence-corrected chi connectivity index (χ4v) is 3.86. The van der Waals surface area contributed by atoms with Gasteiger partial charge in [-0.2, -0.15) is 0 Å². The largest absolute Gasteiger partial charge is 0.309 e. The summed E-state index contributed by atoms with van der Waals surface area (Å²) in [4.78, 5) is 0. The van der Waals surface area contributed by atoms with E-state index in [0.717, 1.165) is 12.5 Å². The lowest BCUT2D eigenvalue weighted by Crippen LogP contribution is -2.29. The van der Waals surface area contributed by atoms with Crippen molar-refractivity contribution in [2.24, 2.45) is 5.92 Å². The summed E-state index contributed by atoms with van der Waals surface area (Å²) >= 11 is 0. The third-order valence-electron chi connectivity index (χ3n) is 5.39. The van der Waals surface area contributed by atoms with Crippen LogP contribution in [0.1, 0.15) is 41.5 Å². The first-order valence-electron chi connectivity index (χ1n) is 8.75. The van der Waals surface area contributed by atoms with E-state index < -0.39 is 0 Å². The summed E-state index contributed by atoms with van der Waals surface area (Å²) in [7, 11) is 0. The molecule has 0 atom stereocenters. The molecule has 0 heterocycles. The lowest BCUT2D eigenvalue weighted by Gasteiger charge is -2.25. The molecule has 1 fully saturated rings. The van der Waals surface area contributed by atoms with Gasteiger partial charge in [0.25, 0.3) is 0 Å². The average Bonchev–Trinajstić information content (AvgIpc) is 2.92. The molecular formula is C21H25N. The highest BCUT2D eigenvalue weighted by atomic mass is 14.9. The lowest BCUT2D eigenvalue weighted by atomic mass is 9.81. The maximum Gasteiger partial charge on any atom is 0.0208 e. The molecule has 0 spiro atoms. The molecule has 114 valence electrons. The van der Waals surface area contributed by atoms with Crippen LogP contribution in [0.3, 0.4) is 0 Å². The summed E-state index contributed by atoms with van der Waals surface area (Å²) < 4.78 is 0. The van der Waals surface area contributed by atoms with Crippen molar-refractivity contribution in [1.29, 1.82) is 0 Å². The van der Waals surface area contributed by atoms with Crippen LogP contribution in [0.4, 0.5) is 0 Å². The Morgan fingerprint density at radius 2 is 1.59 bits per heavy atom. The molecule has 0 unspecified atom stereocenters. The van der Waals surface area contributed by atoms with E-state index in [1.54, 1.807) is 0 Å². The van der Waals surface area contributed by atoms with Crippen molar-refractivity contribution in [3.05, 3.63) is 70.8 Å². The molecule has 4 rings (SSSR count). The molecule has 2 aromatic rings. The van der Waals surface area contributed by atoms with Crippen LogP contribution >= 0.6 is 0 Å². The minimum absolute atomic E-state index is 0.604. The van der Waals surface area contributed by atoms with Gasteiger partial charge in [-0.15, -0.1) is 0 Å². The SMILES string of the molecule is c1cc(CNC2Cc3ccccc3C2)cc(CC2CCC2)c1. The molecule has 1 heteroatoms. The van der Waals surface area contributed by atoms with Crippen LogP contribution in [0.15, 0.2) is 48.5 Å². The fraction of sp³-hybridized carbons (Fsp3) is 0.429. The van der Waals surface area contributed by atoms with Gasteiger partial charge in [-0.3, -0.25) is 0 Å². The van der Waals surface area contributed by atoms with Crippen molar-refractivity contribution < 1.29 is 0 Å². The van der Waals surface area contributed by atoms with Crippen molar-refractivity contribution in [3.8, 4) is 0 Å². The summed E-state index contributed by atoms with van der Waals surface area (Å²) in [6, 6.07) is 18.7. The predicted octanol–water partition coefficient (Wildman–Crippen LogP) is 4.29. The van der Waals surface area contributed by atoms with Crippen LogP contribution in [0, 0.1) is 5.92 Å². The molecule has 2 aliphatic carbocycles. The Morgan fingerprint density at radius 3 is 2.27 bits per heavy atom. The van der Waals surface area contributed by atoms with Crippen LogP contribution in [0.2, 0.25) is 0 Å². The molecular weight excluding hydrogens is 266 g/mol. The van der Waals surface area contributed by atoms with Crippen LogP contribution in [-0.4, -0.2) is 6.04 Å². The average molecular weight is 291 g/mol. The van der Waals surface area contributed by atoms with E-state index in [0.29, 0.717) is 6.04 Å². The molecule has 0 bridgehead atoms. The highest BCUT2D eigenvalue weighted by Crippen LogP contribution is 2.30. The number of rotatable bonds is 5. The molecule has 1 saturated carbocycles. The first-order chi connectivity index (χ1) is 10.9. The third-order valence-corrected chi connectivity index (χ3v) is 5.39. The van der Waals surface area contributed by atoms with Gasteiger partial charge in [0, 0.05) is 12.6 Å². The quantitative estimate of drug-likeness (QED) is 0.866. The summed E-state index contributed by atoms with van der Waals surface area (Å²) in [6.07, 6.45) is 7.94. The molecule has 0 aromatic heterocycles. The van der Waals surface area contributed by atoms with E-state index >= 15 is 0 Å². The Hall–Kier alpha value is -1.60. The third kappa shape index (κ3) is 3.10. The van der Waals surface area contributed by atoms with Crippen LogP contribution in [0.5, 0.6) is 0 Å². The van der Waals surface area contributed by atoms with Gasteiger partial charge in [-0.05, 0) is 47.4 Å². The minimum Gasteiger partial charge on any atom is -0.309 e. The minimum atomic E-state index is 0.604. The van der Waals surface area contributed by atoms with Crippen molar-refractivity contribution >= 4 is 0 Å². The summed E-state index contributed by atoms with van der Waals surface area (Å²) in [5.41, 5.74) is 6.02. The summed E-state index contributed by atoms with van der Waals surface area (Å²) in [5, 5.41) is 3.75. The Kier molecular flexibility index (Phi) is 3.99. The zero-order valence-electron chi connectivity index (χ0n) is 13.2. The topological polar surface area (TPSA) is 12.0 Å². The second-order valence-corrected chi connectivity index (χ2v) is 7.08. The Morgan fingerprint density at radius 1 is 0.864 bits per heavy atom. The highest BCUT2D eigenvalue weighted by molar-refractivity contribution is 5.33. The molecule has 0 radical (unpaired) electrons. The van der Waals surface area contributed by atoms with Gasteiger partial charge in [0.2, 0.25) is 0 Å². The van der Waals surface area contributed by atoms with Crippen LogP contribution < -0.4 is 5.32 Å². The Bertz CT molecular complexity index is 617. The molecule has 2 aromatic carbocycles. The Balaban J connectivity index is 1.33. The van der Waals surface area contributed by atoms with E-state index in [2.05, 4.69) is 53.8 Å². The van der Waals surface area contributed by atoms with Crippen molar-refractivity contribution in [2.75, 3.05) is 0 Å². The molecule has 1 nitrogen and oxygen atoms in total. The van der Waals surface area contributed by atoms with Gasteiger partial charge in [0.15, 0.2) is 0 Å². The molecule has 0 aliphatic heterocycles. The van der Waals surface area contributed by atoms with Crippen molar-refractivity contribution in [2.45, 2.75) is 51.1 Å². The molecule has 22 heavy (non-hydrogen) atoms. The number of hydrogen-bond acceptors (Lipinski definition) is 1. The standard InChI is InChI=1S/C21H25N/c1-2-10-20-14-21(13-19(20)9-1)22-15-18-8-4-7-17(12-18)11-16-5-3-6-16/h1-2,4,7-10,12,16,21-22H,3,5-6,11,13-15H2. The molecule has 0 saturated heterocycles. The maximum absolute atomic E-state index is 3.75. The number of fused-ring (bicyclic) bond motifs is 1. The van der Waals surface area contributed by atoms with Crippen molar-refractivity contribution in [1.82, 2.24) is 5.32 Å². The van der Waals surface area contributed by atoms with E-state index in [-0.39, 0.29) is 0 Å². The van der Waals surface area contributed by atoms with Gasteiger partial charge in [0.05, 0.1) is 0 Å². The van der Waals surface area contributed by atoms with Gasteiger partial charge in [-0.25, -0.2) is 0 Å². The second-order valence-electron chi connectivity index (χ2n) is 7.08. The zero-order valence-corrected chi connectivity index (χ0v) is 13.2. The van der Waals surface area contributed by atoms with Gasteiger partial charge < -0.3 is 5.32 Å². The number of hydrogen-bond donors (Lipinski definition) is 1. The van der Waals surface area contributed by atoms with Crippen molar-refractivity contribution in [3.63, 3.8) is 0 Å². The lowest BCUT2D eigenvalue weighted by molar-refractivity contribution is 0.314. The van der Waals surface area contributed by atoms with Crippen LogP contribution in [-0.2, 0) is 25.8 Å². The zero-order chi connectivity index (χ0) is 14.8. The normalized spacial score (nSPS) is 18.2. The monoisotopic (exact) mass is 291 g/mol. The molecule has 2 aliphatic rings. The van der Waals surface area contributed by atoms with Crippen LogP contribution in [0.25, 0.3) is 0 Å². The van der Waals surface area contributed by atoms with Gasteiger partial charge >= 0.3 is 0 Å². The molecule has 0 amide bonds. The number of benzene rings is 2. The van der Waals surface area contributed by atoms with E-state index in [1.165, 1.54) is 60.8 Å². The first kappa shape index (κ1) is 14.0. The van der Waals surface area contributed by atoms with E-state index in [4.69, 9.17) is 0 Å². The van der Waals surface area contributed by atoms with Gasteiger partial charge in [-0.1, -0.05) is 67.8 Å². The maximum atomic E-state index is 3.75. The Labute approximate surface area is 133 Å². The smallest absolute Gasteiger partial charge is 0.0208 e. The van der Waals surface area contributed by atoms with E-state index in [9.17, 15) is 0 Å². The number of nitrogens with one attached hydrogen (secondary N) is 1. The first-order valence-corrected chi connectivity index (χ1v) is 8.75. The van der Waals surface area contributed by atoms with E-state index in [1.807, 2.05) is 0 Å². The summed E-state index contributed by atoms with van der Waals surface area (Å²) in [5.74, 6) is 0.951. The molecule has 1 N–H and O–H groups in total.